The zero-order chi connectivity index (χ0) is 13.8. The van der Waals surface area contributed by atoms with Crippen LogP contribution in [-0.2, 0) is 11.3 Å². The molecule has 19 heavy (non-hydrogen) atoms. The molecule has 0 radical (unpaired) electrons. The highest BCUT2D eigenvalue weighted by molar-refractivity contribution is 5.89. The molecular weight excluding hydrogens is 254 g/mol. The summed E-state index contributed by atoms with van der Waals surface area (Å²) in [5, 5.41) is 20.3. The Morgan fingerprint density at radius 1 is 1.63 bits per heavy atom. The van der Waals surface area contributed by atoms with Gasteiger partial charge >= 0.3 is 5.82 Å². The first-order valence-electron chi connectivity index (χ1n) is 5.45. The Hall–Kier alpha value is -2.71. The second-order valence-corrected chi connectivity index (χ2v) is 3.82. The molecule has 9 heteroatoms. The SMILES string of the molecule is Cc1cc(NC(=O)CCn2ccc([N+](=O)[O-])n2)no1. The van der Waals surface area contributed by atoms with Crippen LogP contribution >= 0.6 is 0 Å². The summed E-state index contributed by atoms with van der Waals surface area (Å²) in [6, 6.07) is 2.87. The molecule has 0 aromatic carbocycles. The molecule has 0 fully saturated rings. The van der Waals surface area contributed by atoms with E-state index in [-0.39, 0.29) is 24.7 Å². The lowest BCUT2D eigenvalue weighted by molar-refractivity contribution is -0.389. The highest BCUT2D eigenvalue weighted by atomic mass is 16.6. The van der Waals surface area contributed by atoms with Crippen molar-refractivity contribution in [2.45, 2.75) is 19.9 Å². The number of nitro groups is 1. The third kappa shape index (κ3) is 3.37. The Kier molecular flexibility index (Phi) is 3.55. The van der Waals surface area contributed by atoms with Crippen molar-refractivity contribution in [1.82, 2.24) is 14.9 Å². The van der Waals surface area contributed by atoms with E-state index in [4.69, 9.17) is 4.52 Å². The van der Waals surface area contributed by atoms with Crippen molar-refractivity contribution >= 4 is 17.5 Å². The lowest BCUT2D eigenvalue weighted by Crippen LogP contribution is -2.15. The number of hydrogen-bond acceptors (Lipinski definition) is 6. The van der Waals surface area contributed by atoms with Gasteiger partial charge in [-0.2, -0.15) is 4.68 Å². The van der Waals surface area contributed by atoms with Crippen LogP contribution in [0.2, 0.25) is 0 Å². The number of rotatable bonds is 5. The van der Waals surface area contributed by atoms with E-state index in [2.05, 4.69) is 15.6 Å². The van der Waals surface area contributed by atoms with Crippen molar-refractivity contribution in [2.24, 2.45) is 0 Å². The van der Waals surface area contributed by atoms with Gasteiger partial charge in [0.1, 0.15) is 5.76 Å². The minimum absolute atomic E-state index is 0.130. The first-order chi connectivity index (χ1) is 9.04. The van der Waals surface area contributed by atoms with Crippen molar-refractivity contribution in [1.29, 1.82) is 0 Å². The summed E-state index contributed by atoms with van der Waals surface area (Å²) in [7, 11) is 0. The Bertz CT molecular complexity index is 603. The summed E-state index contributed by atoms with van der Waals surface area (Å²) in [5.74, 6) is 0.422. The molecule has 0 aliphatic carbocycles. The van der Waals surface area contributed by atoms with Crippen molar-refractivity contribution in [3.63, 3.8) is 0 Å². The van der Waals surface area contributed by atoms with Crippen LogP contribution in [0.15, 0.2) is 22.9 Å². The standard InChI is InChI=1S/C10H11N5O4/c1-7-6-8(13-19-7)11-10(16)3-5-14-4-2-9(12-14)15(17)18/h2,4,6H,3,5H2,1H3,(H,11,13,16). The van der Waals surface area contributed by atoms with E-state index in [1.54, 1.807) is 13.0 Å². The first kappa shape index (κ1) is 12.7. The van der Waals surface area contributed by atoms with Gasteiger partial charge in [-0.15, -0.1) is 0 Å². The second kappa shape index (κ2) is 5.29. The van der Waals surface area contributed by atoms with Gasteiger partial charge in [-0.05, 0) is 11.8 Å². The van der Waals surface area contributed by atoms with Crippen LogP contribution in [0.1, 0.15) is 12.2 Å². The van der Waals surface area contributed by atoms with Crippen LogP contribution in [0, 0.1) is 17.0 Å². The van der Waals surface area contributed by atoms with E-state index in [1.165, 1.54) is 16.9 Å². The maximum Gasteiger partial charge on any atom is 0.389 e. The Morgan fingerprint density at radius 2 is 2.42 bits per heavy atom. The van der Waals surface area contributed by atoms with Crippen molar-refractivity contribution in [2.75, 3.05) is 5.32 Å². The quantitative estimate of drug-likeness (QED) is 0.639. The molecule has 0 aliphatic heterocycles. The van der Waals surface area contributed by atoms with Gasteiger partial charge in [0.2, 0.25) is 5.91 Å². The number of carbonyl (C=O) groups excluding carboxylic acids is 1. The van der Waals surface area contributed by atoms with E-state index in [1.807, 2.05) is 0 Å². The monoisotopic (exact) mass is 265 g/mol. The number of nitrogens with zero attached hydrogens (tertiary/aromatic N) is 4. The third-order valence-electron chi connectivity index (χ3n) is 2.28. The minimum atomic E-state index is -0.589. The molecule has 0 unspecified atom stereocenters. The number of aryl methyl sites for hydroxylation is 2. The smallest absolute Gasteiger partial charge is 0.360 e. The number of carbonyl (C=O) groups is 1. The molecule has 0 aliphatic rings. The van der Waals surface area contributed by atoms with Crippen LogP contribution in [-0.4, -0.2) is 25.8 Å². The second-order valence-electron chi connectivity index (χ2n) is 3.82. The fourth-order valence-electron chi connectivity index (χ4n) is 1.42. The molecule has 0 saturated heterocycles. The van der Waals surface area contributed by atoms with Crippen LogP contribution in [0.3, 0.4) is 0 Å². The summed E-state index contributed by atoms with van der Waals surface area (Å²) in [4.78, 5) is 21.4. The van der Waals surface area contributed by atoms with Gasteiger partial charge < -0.3 is 20.0 Å². The summed E-state index contributed by atoms with van der Waals surface area (Å²) in [5.41, 5.74) is 0. The molecular formula is C10H11N5O4. The number of amides is 1. The van der Waals surface area contributed by atoms with Crippen molar-refractivity contribution in [3.8, 4) is 0 Å². The van der Waals surface area contributed by atoms with Crippen molar-refractivity contribution < 1.29 is 14.2 Å². The minimum Gasteiger partial charge on any atom is -0.360 e. The molecule has 0 saturated carbocycles. The maximum atomic E-state index is 11.6. The number of aromatic nitrogens is 3. The average Bonchev–Trinajstić information content (AvgIpc) is 2.96. The average molecular weight is 265 g/mol. The number of hydrogen-bond donors (Lipinski definition) is 1. The summed E-state index contributed by atoms with van der Waals surface area (Å²) < 4.78 is 6.14. The summed E-state index contributed by atoms with van der Waals surface area (Å²) in [6.45, 7) is 1.96. The fourth-order valence-corrected chi connectivity index (χ4v) is 1.42. The van der Waals surface area contributed by atoms with E-state index in [0.717, 1.165) is 0 Å². The van der Waals surface area contributed by atoms with Crippen molar-refractivity contribution in [3.05, 3.63) is 34.2 Å². The molecule has 2 aromatic heterocycles. The maximum absolute atomic E-state index is 11.6. The third-order valence-corrected chi connectivity index (χ3v) is 2.28. The van der Waals surface area contributed by atoms with Crippen LogP contribution < -0.4 is 5.32 Å². The number of nitrogens with one attached hydrogen (secondary N) is 1. The topological polar surface area (TPSA) is 116 Å². The van der Waals surface area contributed by atoms with Crippen LogP contribution in [0.4, 0.5) is 11.6 Å². The van der Waals surface area contributed by atoms with Gasteiger partial charge in [0, 0.05) is 12.5 Å². The van der Waals surface area contributed by atoms with E-state index < -0.39 is 4.92 Å². The highest BCUT2D eigenvalue weighted by Gasteiger charge is 2.12. The lowest BCUT2D eigenvalue weighted by atomic mass is 10.4. The summed E-state index contributed by atoms with van der Waals surface area (Å²) in [6.07, 6.45) is 1.58. The van der Waals surface area contributed by atoms with Gasteiger partial charge in [-0.1, -0.05) is 5.16 Å². The molecule has 0 spiro atoms. The predicted molar refractivity (Wildman–Crippen MR) is 63.4 cm³/mol. The van der Waals surface area contributed by atoms with E-state index in [9.17, 15) is 14.9 Å². The predicted octanol–water partition coefficient (Wildman–Crippen LogP) is 1.12. The number of anilines is 1. The van der Waals surface area contributed by atoms with Crippen LogP contribution in [0.5, 0.6) is 0 Å². The van der Waals surface area contributed by atoms with Gasteiger partial charge in [0.25, 0.3) is 0 Å². The van der Waals surface area contributed by atoms with Gasteiger partial charge in [0.15, 0.2) is 5.82 Å². The largest absolute Gasteiger partial charge is 0.389 e. The molecule has 2 aromatic rings. The van der Waals surface area contributed by atoms with Crippen LogP contribution in [0.25, 0.3) is 0 Å². The zero-order valence-electron chi connectivity index (χ0n) is 10.1. The summed E-state index contributed by atoms with van der Waals surface area (Å²) >= 11 is 0. The lowest BCUT2D eigenvalue weighted by Gasteiger charge is -1.99. The zero-order valence-corrected chi connectivity index (χ0v) is 10.1. The fraction of sp³-hybridized carbons (Fsp3) is 0.300. The molecule has 0 atom stereocenters. The van der Waals surface area contributed by atoms with E-state index >= 15 is 0 Å². The van der Waals surface area contributed by atoms with Gasteiger partial charge in [-0.25, -0.2) is 0 Å². The molecule has 0 bridgehead atoms. The normalized spacial score (nSPS) is 10.4. The van der Waals surface area contributed by atoms with Gasteiger partial charge in [0.05, 0.1) is 23.9 Å². The molecule has 2 heterocycles. The highest BCUT2D eigenvalue weighted by Crippen LogP contribution is 2.08. The molecule has 9 nitrogen and oxygen atoms in total. The van der Waals surface area contributed by atoms with E-state index in [0.29, 0.717) is 11.6 Å². The van der Waals surface area contributed by atoms with Gasteiger partial charge in [-0.3, -0.25) is 4.79 Å². The molecule has 1 N–H and O–H groups in total. The Balaban J connectivity index is 1.84. The first-order valence-corrected chi connectivity index (χ1v) is 5.45. The molecule has 1 amide bonds. The molecule has 100 valence electrons. The molecule has 2 rings (SSSR count). The Labute approximate surface area is 107 Å². The Morgan fingerprint density at radius 3 is 3.00 bits per heavy atom.